The van der Waals surface area contributed by atoms with Gasteiger partial charge in [-0.05, 0) is 36.6 Å². The summed E-state index contributed by atoms with van der Waals surface area (Å²) < 4.78 is 0. The first-order chi connectivity index (χ1) is 9.15. The van der Waals surface area contributed by atoms with E-state index >= 15 is 0 Å². The minimum atomic E-state index is 0.0378. The minimum absolute atomic E-state index is 0.0378. The number of benzene rings is 1. The minimum Gasteiger partial charge on any atom is -0.352 e. The summed E-state index contributed by atoms with van der Waals surface area (Å²) >= 11 is 0. The molecule has 1 heterocycles. The number of carbonyl (C=O) groups excluding carboxylic acids is 1. The quantitative estimate of drug-likeness (QED) is 0.911. The van der Waals surface area contributed by atoms with Gasteiger partial charge < -0.3 is 5.32 Å². The van der Waals surface area contributed by atoms with Crippen LogP contribution in [0.25, 0.3) is 0 Å². The maximum atomic E-state index is 11.9. The fourth-order valence-electron chi connectivity index (χ4n) is 1.98. The van der Waals surface area contributed by atoms with Crippen LogP contribution in [0.5, 0.6) is 0 Å². The molecule has 0 spiro atoms. The highest BCUT2D eigenvalue weighted by Gasteiger charge is 2.05. The second-order valence-electron chi connectivity index (χ2n) is 4.74. The Labute approximate surface area is 113 Å². The van der Waals surface area contributed by atoms with Gasteiger partial charge >= 0.3 is 0 Å². The summed E-state index contributed by atoms with van der Waals surface area (Å²) in [6.45, 7) is 4.62. The number of hydrogen-bond acceptors (Lipinski definition) is 2. The molecule has 0 unspecified atom stereocenters. The van der Waals surface area contributed by atoms with E-state index in [4.69, 9.17) is 0 Å². The predicted molar refractivity (Wildman–Crippen MR) is 75.7 cm³/mol. The van der Waals surface area contributed by atoms with Crippen molar-refractivity contribution in [1.82, 2.24) is 10.3 Å². The normalized spacial score (nSPS) is 10.2. The fourth-order valence-corrected chi connectivity index (χ4v) is 1.98. The van der Waals surface area contributed by atoms with E-state index in [0.29, 0.717) is 13.0 Å². The van der Waals surface area contributed by atoms with Gasteiger partial charge in [0.25, 0.3) is 0 Å². The smallest absolute Gasteiger partial charge is 0.224 e. The summed E-state index contributed by atoms with van der Waals surface area (Å²) in [5.74, 6) is 0.0378. The van der Waals surface area contributed by atoms with Crippen molar-refractivity contribution < 1.29 is 4.79 Å². The molecule has 0 bridgehead atoms. The number of nitrogens with one attached hydrogen (secondary N) is 1. The van der Waals surface area contributed by atoms with Crippen molar-refractivity contribution in [2.24, 2.45) is 0 Å². The summed E-state index contributed by atoms with van der Waals surface area (Å²) in [6.07, 6.45) is 3.91. The highest BCUT2D eigenvalue weighted by atomic mass is 16.1. The van der Waals surface area contributed by atoms with Gasteiger partial charge in [0.15, 0.2) is 0 Å². The lowest BCUT2D eigenvalue weighted by Crippen LogP contribution is -2.24. The Hall–Kier alpha value is -2.16. The molecule has 0 aliphatic heterocycles. The van der Waals surface area contributed by atoms with Crippen LogP contribution in [-0.2, 0) is 17.8 Å². The Kier molecular flexibility index (Phi) is 4.29. The largest absolute Gasteiger partial charge is 0.352 e. The summed E-state index contributed by atoms with van der Waals surface area (Å²) in [5.41, 5.74) is 4.47. The SMILES string of the molecule is Cc1ccc(CC(=O)NCc2cccnc2)c(C)c1. The van der Waals surface area contributed by atoms with Crippen LogP contribution < -0.4 is 5.32 Å². The Morgan fingerprint density at radius 1 is 1.26 bits per heavy atom. The first-order valence-electron chi connectivity index (χ1n) is 6.37. The molecule has 0 aliphatic carbocycles. The maximum Gasteiger partial charge on any atom is 0.224 e. The molecule has 2 rings (SSSR count). The second-order valence-corrected chi connectivity index (χ2v) is 4.74. The first-order valence-corrected chi connectivity index (χ1v) is 6.37. The number of amides is 1. The number of pyridine rings is 1. The van der Waals surface area contributed by atoms with Gasteiger partial charge in [0.05, 0.1) is 6.42 Å². The van der Waals surface area contributed by atoms with Gasteiger partial charge in [-0.3, -0.25) is 9.78 Å². The molecule has 1 aromatic carbocycles. The zero-order chi connectivity index (χ0) is 13.7. The lowest BCUT2D eigenvalue weighted by Gasteiger charge is -2.08. The third kappa shape index (κ3) is 3.91. The van der Waals surface area contributed by atoms with E-state index in [0.717, 1.165) is 16.7 Å². The van der Waals surface area contributed by atoms with E-state index in [1.807, 2.05) is 31.2 Å². The predicted octanol–water partition coefficient (Wildman–Crippen LogP) is 2.56. The Bertz CT molecular complexity index is 564. The molecule has 1 amide bonds. The van der Waals surface area contributed by atoms with Gasteiger partial charge in [0, 0.05) is 18.9 Å². The Balaban J connectivity index is 1.91. The maximum absolute atomic E-state index is 11.9. The van der Waals surface area contributed by atoms with Crippen LogP contribution in [0.2, 0.25) is 0 Å². The van der Waals surface area contributed by atoms with Crippen molar-refractivity contribution in [3.63, 3.8) is 0 Å². The van der Waals surface area contributed by atoms with Crippen LogP contribution in [0, 0.1) is 13.8 Å². The van der Waals surface area contributed by atoms with Gasteiger partial charge in [-0.25, -0.2) is 0 Å². The highest BCUT2D eigenvalue weighted by Crippen LogP contribution is 2.11. The molecule has 0 atom stereocenters. The Morgan fingerprint density at radius 2 is 2.11 bits per heavy atom. The van der Waals surface area contributed by atoms with Gasteiger partial charge in [-0.15, -0.1) is 0 Å². The third-order valence-electron chi connectivity index (χ3n) is 3.06. The lowest BCUT2D eigenvalue weighted by molar-refractivity contribution is -0.120. The number of aryl methyl sites for hydroxylation is 2. The van der Waals surface area contributed by atoms with Crippen LogP contribution in [0.1, 0.15) is 22.3 Å². The molecule has 3 heteroatoms. The number of nitrogens with zero attached hydrogens (tertiary/aromatic N) is 1. The number of carbonyl (C=O) groups is 1. The zero-order valence-corrected chi connectivity index (χ0v) is 11.3. The van der Waals surface area contributed by atoms with Gasteiger partial charge in [0.1, 0.15) is 0 Å². The van der Waals surface area contributed by atoms with Crippen molar-refractivity contribution in [2.45, 2.75) is 26.8 Å². The molecular formula is C16H18N2O. The summed E-state index contributed by atoms with van der Waals surface area (Å²) in [5, 5.41) is 2.91. The van der Waals surface area contributed by atoms with E-state index < -0.39 is 0 Å². The topological polar surface area (TPSA) is 42.0 Å². The van der Waals surface area contributed by atoms with Crippen LogP contribution in [0.15, 0.2) is 42.7 Å². The van der Waals surface area contributed by atoms with E-state index in [1.165, 1.54) is 5.56 Å². The molecule has 0 radical (unpaired) electrons. The molecule has 1 N–H and O–H groups in total. The van der Waals surface area contributed by atoms with Crippen molar-refractivity contribution in [3.05, 3.63) is 65.0 Å². The third-order valence-corrected chi connectivity index (χ3v) is 3.06. The molecule has 0 saturated heterocycles. The molecule has 98 valence electrons. The zero-order valence-electron chi connectivity index (χ0n) is 11.3. The van der Waals surface area contributed by atoms with Crippen LogP contribution >= 0.6 is 0 Å². The monoisotopic (exact) mass is 254 g/mol. The molecule has 0 saturated carbocycles. The number of rotatable bonds is 4. The molecule has 1 aromatic heterocycles. The lowest BCUT2D eigenvalue weighted by atomic mass is 10.0. The molecule has 0 fully saturated rings. The Morgan fingerprint density at radius 3 is 2.79 bits per heavy atom. The second kappa shape index (κ2) is 6.14. The van der Waals surface area contributed by atoms with Crippen LogP contribution in [0.4, 0.5) is 0 Å². The number of hydrogen-bond donors (Lipinski definition) is 1. The van der Waals surface area contributed by atoms with Crippen molar-refractivity contribution in [2.75, 3.05) is 0 Å². The number of aromatic nitrogens is 1. The molecule has 2 aromatic rings. The summed E-state index contributed by atoms with van der Waals surface area (Å²) in [4.78, 5) is 15.9. The van der Waals surface area contributed by atoms with Gasteiger partial charge in [-0.2, -0.15) is 0 Å². The average Bonchev–Trinajstić information content (AvgIpc) is 2.41. The van der Waals surface area contributed by atoms with E-state index in [2.05, 4.69) is 23.3 Å². The van der Waals surface area contributed by atoms with Crippen molar-refractivity contribution in [1.29, 1.82) is 0 Å². The van der Waals surface area contributed by atoms with E-state index in [-0.39, 0.29) is 5.91 Å². The molecule has 0 aliphatic rings. The fraction of sp³-hybridized carbons (Fsp3) is 0.250. The van der Waals surface area contributed by atoms with Crippen molar-refractivity contribution >= 4 is 5.91 Å². The molecule has 3 nitrogen and oxygen atoms in total. The highest BCUT2D eigenvalue weighted by molar-refractivity contribution is 5.78. The van der Waals surface area contributed by atoms with Gasteiger partial charge in [0.2, 0.25) is 5.91 Å². The summed E-state index contributed by atoms with van der Waals surface area (Å²) in [7, 11) is 0. The van der Waals surface area contributed by atoms with Crippen molar-refractivity contribution in [3.8, 4) is 0 Å². The molecular weight excluding hydrogens is 236 g/mol. The van der Waals surface area contributed by atoms with Crippen LogP contribution in [-0.4, -0.2) is 10.9 Å². The average molecular weight is 254 g/mol. The standard InChI is InChI=1S/C16H18N2O/c1-12-5-6-15(13(2)8-12)9-16(19)18-11-14-4-3-7-17-10-14/h3-8,10H,9,11H2,1-2H3,(H,18,19). The first kappa shape index (κ1) is 13.3. The van der Waals surface area contributed by atoms with E-state index in [9.17, 15) is 4.79 Å². The van der Waals surface area contributed by atoms with Crippen LogP contribution in [0.3, 0.4) is 0 Å². The summed E-state index contributed by atoms with van der Waals surface area (Å²) in [6, 6.07) is 9.98. The van der Waals surface area contributed by atoms with E-state index in [1.54, 1.807) is 12.4 Å². The van der Waals surface area contributed by atoms with Gasteiger partial charge in [-0.1, -0.05) is 29.8 Å². The molecule has 19 heavy (non-hydrogen) atoms.